The van der Waals surface area contributed by atoms with Crippen molar-refractivity contribution in [1.82, 2.24) is 0 Å². The minimum absolute atomic E-state index is 0.125. The molecule has 0 radical (unpaired) electrons. The van der Waals surface area contributed by atoms with E-state index >= 15 is 0 Å². The summed E-state index contributed by atoms with van der Waals surface area (Å²) >= 11 is 6.35. The summed E-state index contributed by atoms with van der Waals surface area (Å²) in [6.07, 6.45) is -5.39. The zero-order chi connectivity index (χ0) is 23.7. The van der Waals surface area contributed by atoms with Gasteiger partial charge in [-0.05, 0) is 48.2 Å². The number of ether oxygens (including phenoxy) is 2. The standard InChI is InChI=1S/C21H25ClO6.C2H6O2/c1-2-27-15-6-3-12(4-7-15)9-14-10-13(5-8-16(14)22)21-20(26)19(25)18(24)17(11-23)28-21;3-1-2-4/h3-8,10,17-21,23-26H,2,9,11H2,1H3;3-4H,1-2H2/t17-,18-,19+,20-,21+;/m1./s1. The maximum Gasteiger partial charge on any atom is 0.119 e. The van der Waals surface area contributed by atoms with Crippen LogP contribution in [0.15, 0.2) is 42.5 Å². The van der Waals surface area contributed by atoms with Gasteiger partial charge >= 0.3 is 0 Å². The van der Waals surface area contributed by atoms with Crippen LogP contribution in [0.5, 0.6) is 5.75 Å². The first kappa shape index (κ1) is 26.5. The molecular formula is C23H31ClO8. The normalized spacial score (nSPS) is 25.1. The van der Waals surface area contributed by atoms with Crippen molar-refractivity contribution in [3.63, 3.8) is 0 Å². The van der Waals surface area contributed by atoms with Gasteiger partial charge in [-0.2, -0.15) is 0 Å². The summed E-state index contributed by atoms with van der Waals surface area (Å²) in [4.78, 5) is 0. The third-order valence-corrected chi connectivity index (χ3v) is 5.39. The van der Waals surface area contributed by atoms with Gasteiger partial charge < -0.3 is 40.1 Å². The molecule has 0 spiro atoms. The van der Waals surface area contributed by atoms with E-state index in [0.717, 1.165) is 16.9 Å². The largest absolute Gasteiger partial charge is 0.494 e. The number of hydrogen-bond donors (Lipinski definition) is 6. The van der Waals surface area contributed by atoms with Crippen LogP contribution in [0, 0.1) is 0 Å². The van der Waals surface area contributed by atoms with Crippen molar-refractivity contribution in [3.05, 3.63) is 64.2 Å². The number of aliphatic hydroxyl groups is 6. The fourth-order valence-electron chi connectivity index (χ4n) is 3.37. The first-order valence-corrected chi connectivity index (χ1v) is 10.8. The van der Waals surface area contributed by atoms with E-state index < -0.39 is 37.1 Å². The van der Waals surface area contributed by atoms with Crippen LogP contribution >= 0.6 is 11.6 Å². The molecule has 1 aliphatic heterocycles. The van der Waals surface area contributed by atoms with Crippen LogP contribution in [-0.2, 0) is 11.2 Å². The second-order valence-corrected chi connectivity index (χ2v) is 7.71. The summed E-state index contributed by atoms with van der Waals surface area (Å²) in [6.45, 7) is 1.82. The number of benzene rings is 2. The van der Waals surface area contributed by atoms with E-state index in [0.29, 0.717) is 23.6 Å². The van der Waals surface area contributed by atoms with Gasteiger partial charge in [0, 0.05) is 5.02 Å². The van der Waals surface area contributed by atoms with E-state index in [1.54, 1.807) is 12.1 Å². The third kappa shape index (κ3) is 6.87. The van der Waals surface area contributed by atoms with Crippen molar-refractivity contribution in [3.8, 4) is 5.75 Å². The zero-order valence-corrected chi connectivity index (χ0v) is 18.6. The van der Waals surface area contributed by atoms with E-state index in [-0.39, 0.29) is 13.2 Å². The lowest BCUT2D eigenvalue weighted by Crippen LogP contribution is -2.55. The Morgan fingerprint density at radius 3 is 2.12 bits per heavy atom. The molecule has 0 aromatic heterocycles. The first-order chi connectivity index (χ1) is 15.4. The van der Waals surface area contributed by atoms with Crippen molar-refractivity contribution >= 4 is 11.6 Å². The Kier molecular flexibility index (Phi) is 10.8. The van der Waals surface area contributed by atoms with Crippen LogP contribution in [0.4, 0.5) is 0 Å². The van der Waals surface area contributed by atoms with E-state index in [2.05, 4.69) is 0 Å². The molecule has 1 fully saturated rings. The molecule has 2 aromatic rings. The molecule has 3 rings (SSSR count). The van der Waals surface area contributed by atoms with Gasteiger partial charge in [0.15, 0.2) is 0 Å². The predicted octanol–water partition coefficient (Wildman–Crippen LogP) is 0.815. The van der Waals surface area contributed by atoms with Crippen molar-refractivity contribution < 1.29 is 40.1 Å². The van der Waals surface area contributed by atoms with Crippen LogP contribution in [0.25, 0.3) is 0 Å². The van der Waals surface area contributed by atoms with Gasteiger partial charge in [0.1, 0.15) is 36.3 Å². The lowest BCUT2D eigenvalue weighted by molar-refractivity contribution is -0.231. The maximum absolute atomic E-state index is 10.3. The molecule has 0 amide bonds. The molecule has 5 atom stereocenters. The van der Waals surface area contributed by atoms with Gasteiger partial charge in [-0.3, -0.25) is 0 Å². The van der Waals surface area contributed by atoms with E-state index in [1.807, 2.05) is 37.3 Å². The molecule has 6 N–H and O–H groups in total. The van der Waals surface area contributed by atoms with Gasteiger partial charge in [0.25, 0.3) is 0 Å². The Balaban J connectivity index is 0.000000837. The highest BCUT2D eigenvalue weighted by atomic mass is 35.5. The third-order valence-electron chi connectivity index (χ3n) is 5.02. The molecular weight excluding hydrogens is 440 g/mol. The summed E-state index contributed by atoms with van der Waals surface area (Å²) in [5.74, 6) is 0.799. The van der Waals surface area contributed by atoms with Gasteiger partial charge in [-0.25, -0.2) is 0 Å². The predicted molar refractivity (Wildman–Crippen MR) is 119 cm³/mol. The number of aliphatic hydroxyl groups excluding tert-OH is 6. The van der Waals surface area contributed by atoms with E-state index in [4.69, 9.17) is 31.3 Å². The fraction of sp³-hybridized carbons (Fsp3) is 0.478. The lowest BCUT2D eigenvalue weighted by Gasteiger charge is -2.40. The van der Waals surface area contributed by atoms with Gasteiger partial charge in [-0.15, -0.1) is 0 Å². The average molecular weight is 471 g/mol. The molecule has 178 valence electrons. The zero-order valence-electron chi connectivity index (χ0n) is 17.8. The molecule has 2 aromatic carbocycles. The highest BCUT2D eigenvalue weighted by Crippen LogP contribution is 2.34. The summed E-state index contributed by atoms with van der Waals surface area (Å²) < 4.78 is 11.1. The van der Waals surface area contributed by atoms with Crippen molar-refractivity contribution in [2.75, 3.05) is 26.4 Å². The Hall–Kier alpha value is -1.75. The molecule has 8 nitrogen and oxygen atoms in total. The van der Waals surface area contributed by atoms with E-state index in [1.165, 1.54) is 0 Å². The lowest BCUT2D eigenvalue weighted by atomic mass is 9.90. The van der Waals surface area contributed by atoms with Crippen LogP contribution in [0.2, 0.25) is 5.02 Å². The van der Waals surface area contributed by atoms with Crippen molar-refractivity contribution in [2.24, 2.45) is 0 Å². The average Bonchev–Trinajstić information content (AvgIpc) is 2.81. The smallest absolute Gasteiger partial charge is 0.119 e. The van der Waals surface area contributed by atoms with Gasteiger partial charge in [0.05, 0.1) is 26.4 Å². The Labute approximate surface area is 192 Å². The van der Waals surface area contributed by atoms with Crippen LogP contribution in [0.3, 0.4) is 0 Å². The highest BCUT2D eigenvalue weighted by molar-refractivity contribution is 6.31. The second-order valence-electron chi connectivity index (χ2n) is 7.30. The summed E-state index contributed by atoms with van der Waals surface area (Å²) in [7, 11) is 0. The molecule has 1 aliphatic rings. The fourth-order valence-corrected chi connectivity index (χ4v) is 3.56. The minimum atomic E-state index is -1.42. The molecule has 0 bridgehead atoms. The summed E-state index contributed by atoms with van der Waals surface area (Å²) in [5, 5.41) is 55.5. The first-order valence-electron chi connectivity index (χ1n) is 10.4. The Bertz CT molecular complexity index is 812. The highest BCUT2D eigenvalue weighted by Gasteiger charge is 2.43. The SMILES string of the molecule is CCOc1ccc(Cc2cc([C@@H]3O[C@H](CO)[C@@H](O)[C@H](O)[C@H]3O)ccc2Cl)cc1.OCCO. The van der Waals surface area contributed by atoms with Gasteiger partial charge in [-0.1, -0.05) is 35.9 Å². The van der Waals surface area contributed by atoms with Crippen molar-refractivity contribution in [1.29, 1.82) is 0 Å². The quantitative estimate of drug-likeness (QED) is 0.349. The molecule has 1 heterocycles. The minimum Gasteiger partial charge on any atom is -0.494 e. The monoisotopic (exact) mass is 470 g/mol. The van der Waals surface area contributed by atoms with Crippen LogP contribution in [0.1, 0.15) is 29.7 Å². The topological polar surface area (TPSA) is 140 Å². The second kappa shape index (κ2) is 13.1. The van der Waals surface area contributed by atoms with Crippen LogP contribution in [-0.4, -0.2) is 81.5 Å². The van der Waals surface area contributed by atoms with E-state index in [9.17, 15) is 20.4 Å². The Morgan fingerprint density at radius 2 is 1.56 bits per heavy atom. The summed E-state index contributed by atoms with van der Waals surface area (Å²) in [5.41, 5.74) is 2.49. The van der Waals surface area contributed by atoms with Crippen LogP contribution < -0.4 is 4.74 Å². The molecule has 0 unspecified atom stereocenters. The Morgan fingerprint density at radius 1 is 0.906 bits per heavy atom. The molecule has 0 aliphatic carbocycles. The number of halogens is 1. The molecule has 0 saturated carbocycles. The number of rotatable bonds is 7. The molecule has 1 saturated heterocycles. The molecule has 32 heavy (non-hydrogen) atoms. The molecule has 9 heteroatoms. The maximum atomic E-state index is 10.3. The number of hydrogen-bond acceptors (Lipinski definition) is 8. The van der Waals surface area contributed by atoms with Gasteiger partial charge in [0.2, 0.25) is 0 Å². The summed E-state index contributed by atoms with van der Waals surface area (Å²) in [6, 6.07) is 12.9. The van der Waals surface area contributed by atoms with Crippen molar-refractivity contribution in [2.45, 2.75) is 43.9 Å².